The number of nitrogens with zero attached hydrogens (tertiary/aromatic N) is 1. The zero-order chi connectivity index (χ0) is 13.8. The van der Waals surface area contributed by atoms with Crippen LogP contribution in [0.2, 0.25) is 0 Å². The van der Waals surface area contributed by atoms with E-state index in [0.29, 0.717) is 0 Å². The van der Waals surface area contributed by atoms with E-state index in [1.807, 2.05) is 6.07 Å². The van der Waals surface area contributed by atoms with E-state index in [1.165, 1.54) is 12.8 Å². The fraction of sp³-hybridized carbons (Fsp3) is 0.571. The number of anilines is 1. The van der Waals surface area contributed by atoms with E-state index >= 15 is 0 Å². The highest BCUT2D eigenvalue weighted by Gasteiger charge is 2.23. The topological polar surface area (TPSA) is 69.2 Å². The van der Waals surface area contributed by atoms with Crippen LogP contribution in [0, 0.1) is 10.1 Å². The van der Waals surface area contributed by atoms with Crippen LogP contribution in [0.3, 0.4) is 0 Å². The van der Waals surface area contributed by atoms with Crippen molar-refractivity contribution in [1.29, 1.82) is 0 Å². The number of hydrogen-bond acceptors (Lipinski definition) is 3. The van der Waals surface area contributed by atoms with Gasteiger partial charge in [0.15, 0.2) is 0 Å². The molecule has 100 valence electrons. The summed E-state index contributed by atoms with van der Waals surface area (Å²) in [6.45, 7) is 6.41. The molecule has 0 heterocycles. The maximum atomic E-state index is 10.9. The summed E-state index contributed by atoms with van der Waals surface area (Å²) < 4.78 is 0. The molecule has 0 saturated heterocycles. The Labute approximate surface area is 108 Å². The Balaban J connectivity index is 2.94. The minimum Gasteiger partial charge on any atom is -0.393 e. The molecule has 4 heteroatoms. The third kappa shape index (κ3) is 3.45. The van der Waals surface area contributed by atoms with Crippen LogP contribution in [-0.2, 0) is 5.41 Å². The summed E-state index contributed by atoms with van der Waals surface area (Å²) in [6.07, 6.45) is 4.54. The normalized spacial score (nSPS) is 11.5. The Hall–Kier alpha value is -1.58. The molecule has 0 aliphatic heterocycles. The highest BCUT2D eigenvalue weighted by molar-refractivity contribution is 5.59. The van der Waals surface area contributed by atoms with Crippen LogP contribution < -0.4 is 5.73 Å². The molecule has 2 N–H and O–H groups in total. The number of nitro groups is 1. The van der Waals surface area contributed by atoms with Gasteiger partial charge < -0.3 is 5.73 Å². The van der Waals surface area contributed by atoms with E-state index in [-0.39, 0.29) is 16.8 Å². The van der Waals surface area contributed by atoms with Crippen LogP contribution in [0.25, 0.3) is 0 Å². The standard InChI is InChI=1S/C14H22N2O2/c1-4-5-6-9-14(2,3)11-7-8-12(15)13(10-11)16(17)18/h7-8,10H,4-6,9,15H2,1-3H3. The van der Waals surface area contributed by atoms with Gasteiger partial charge in [-0.15, -0.1) is 0 Å². The van der Waals surface area contributed by atoms with E-state index in [0.717, 1.165) is 18.4 Å². The van der Waals surface area contributed by atoms with E-state index in [4.69, 9.17) is 5.73 Å². The summed E-state index contributed by atoms with van der Waals surface area (Å²) in [5, 5.41) is 10.9. The van der Waals surface area contributed by atoms with Crippen LogP contribution in [0.1, 0.15) is 52.0 Å². The second-order valence-electron chi connectivity index (χ2n) is 5.37. The second-order valence-corrected chi connectivity index (χ2v) is 5.37. The monoisotopic (exact) mass is 250 g/mol. The average molecular weight is 250 g/mol. The summed E-state index contributed by atoms with van der Waals surface area (Å²) in [6, 6.07) is 5.14. The highest BCUT2D eigenvalue weighted by Crippen LogP contribution is 2.33. The molecule has 1 aromatic rings. The van der Waals surface area contributed by atoms with Gasteiger partial charge in [-0.05, 0) is 23.5 Å². The molecule has 0 aliphatic carbocycles. The van der Waals surface area contributed by atoms with E-state index in [1.54, 1.807) is 12.1 Å². The molecule has 0 aromatic heterocycles. The molecule has 0 unspecified atom stereocenters. The molecule has 1 aromatic carbocycles. The van der Waals surface area contributed by atoms with Crippen molar-refractivity contribution in [2.75, 3.05) is 5.73 Å². The Bertz CT molecular complexity index is 428. The van der Waals surface area contributed by atoms with Gasteiger partial charge in [-0.1, -0.05) is 46.1 Å². The van der Waals surface area contributed by atoms with Crippen molar-refractivity contribution in [1.82, 2.24) is 0 Å². The lowest BCUT2D eigenvalue weighted by Crippen LogP contribution is -2.17. The zero-order valence-electron chi connectivity index (χ0n) is 11.4. The predicted octanol–water partition coefficient (Wildman–Crippen LogP) is 4.03. The lowest BCUT2D eigenvalue weighted by atomic mass is 9.80. The van der Waals surface area contributed by atoms with Crippen molar-refractivity contribution in [3.8, 4) is 0 Å². The van der Waals surface area contributed by atoms with Gasteiger partial charge in [0.2, 0.25) is 0 Å². The van der Waals surface area contributed by atoms with Crippen LogP contribution in [0.15, 0.2) is 18.2 Å². The van der Waals surface area contributed by atoms with E-state index in [2.05, 4.69) is 20.8 Å². The van der Waals surface area contributed by atoms with Crippen molar-refractivity contribution < 1.29 is 4.92 Å². The molecule has 0 spiro atoms. The summed E-state index contributed by atoms with van der Waals surface area (Å²) in [5.41, 5.74) is 6.79. The Kier molecular flexibility index (Phi) is 4.70. The predicted molar refractivity (Wildman–Crippen MR) is 74.7 cm³/mol. The molecule has 0 fully saturated rings. The van der Waals surface area contributed by atoms with Gasteiger partial charge in [-0.3, -0.25) is 10.1 Å². The fourth-order valence-electron chi connectivity index (χ4n) is 2.08. The van der Waals surface area contributed by atoms with Gasteiger partial charge in [0.05, 0.1) is 4.92 Å². The van der Waals surface area contributed by atoms with E-state index in [9.17, 15) is 10.1 Å². The van der Waals surface area contributed by atoms with Crippen LogP contribution >= 0.6 is 0 Å². The molecule has 18 heavy (non-hydrogen) atoms. The van der Waals surface area contributed by atoms with Crippen molar-refractivity contribution in [3.05, 3.63) is 33.9 Å². The van der Waals surface area contributed by atoms with Crippen LogP contribution in [-0.4, -0.2) is 4.92 Å². The van der Waals surface area contributed by atoms with Gasteiger partial charge >= 0.3 is 0 Å². The second kappa shape index (κ2) is 5.85. The Morgan fingerprint density at radius 3 is 2.56 bits per heavy atom. The number of nitrogens with two attached hydrogens (primary N) is 1. The first-order valence-corrected chi connectivity index (χ1v) is 6.43. The van der Waals surface area contributed by atoms with Gasteiger partial charge in [0.1, 0.15) is 5.69 Å². The molecular weight excluding hydrogens is 228 g/mol. The van der Waals surface area contributed by atoms with Crippen LogP contribution in [0.5, 0.6) is 0 Å². The highest BCUT2D eigenvalue weighted by atomic mass is 16.6. The Morgan fingerprint density at radius 1 is 1.33 bits per heavy atom. The molecular formula is C14H22N2O2. The summed E-state index contributed by atoms with van der Waals surface area (Å²) in [7, 11) is 0. The quantitative estimate of drug-likeness (QED) is 0.358. The lowest BCUT2D eigenvalue weighted by Gasteiger charge is -2.25. The van der Waals surface area contributed by atoms with Gasteiger partial charge in [-0.25, -0.2) is 0 Å². The molecule has 1 rings (SSSR count). The van der Waals surface area contributed by atoms with Crippen LogP contribution in [0.4, 0.5) is 11.4 Å². The first-order chi connectivity index (χ1) is 8.38. The first-order valence-electron chi connectivity index (χ1n) is 6.43. The average Bonchev–Trinajstić information content (AvgIpc) is 2.29. The van der Waals surface area contributed by atoms with Gasteiger partial charge in [0.25, 0.3) is 5.69 Å². The number of nitro benzene ring substituents is 1. The van der Waals surface area contributed by atoms with Crippen molar-refractivity contribution >= 4 is 11.4 Å². The molecule has 4 nitrogen and oxygen atoms in total. The largest absolute Gasteiger partial charge is 0.393 e. The minimum atomic E-state index is -0.416. The minimum absolute atomic E-state index is 0.0102. The summed E-state index contributed by atoms with van der Waals surface area (Å²) >= 11 is 0. The van der Waals surface area contributed by atoms with Crippen molar-refractivity contribution in [2.45, 2.75) is 51.9 Å². The summed E-state index contributed by atoms with van der Waals surface area (Å²) in [4.78, 5) is 10.5. The van der Waals surface area contributed by atoms with E-state index < -0.39 is 4.92 Å². The third-order valence-electron chi connectivity index (χ3n) is 3.41. The molecule has 0 aliphatic rings. The SMILES string of the molecule is CCCCCC(C)(C)c1ccc(N)c([N+](=O)[O-])c1. The molecule has 0 radical (unpaired) electrons. The number of nitrogen functional groups attached to an aromatic ring is 1. The van der Waals surface area contributed by atoms with Crippen molar-refractivity contribution in [3.63, 3.8) is 0 Å². The smallest absolute Gasteiger partial charge is 0.292 e. The van der Waals surface area contributed by atoms with Gasteiger partial charge in [-0.2, -0.15) is 0 Å². The Morgan fingerprint density at radius 2 is 2.00 bits per heavy atom. The molecule has 0 atom stereocenters. The number of rotatable bonds is 6. The molecule has 0 bridgehead atoms. The molecule has 0 saturated carbocycles. The number of benzene rings is 1. The number of unbranched alkanes of at least 4 members (excludes halogenated alkanes) is 2. The summed E-state index contributed by atoms with van der Waals surface area (Å²) in [5.74, 6) is 0. The number of hydrogen-bond donors (Lipinski definition) is 1. The zero-order valence-corrected chi connectivity index (χ0v) is 11.4. The lowest BCUT2D eigenvalue weighted by molar-refractivity contribution is -0.384. The first kappa shape index (κ1) is 14.5. The third-order valence-corrected chi connectivity index (χ3v) is 3.41. The maximum absolute atomic E-state index is 10.9. The fourth-order valence-corrected chi connectivity index (χ4v) is 2.08. The van der Waals surface area contributed by atoms with Gasteiger partial charge in [0, 0.05) is 6.07 Å². The molecule has 0 amide bonds. The maximum Gasteiger partial charge on any atom is 0.292 e. The van der Waals surface area contributed by atoms with Crippen molar-refractivity contribution in [2.24, 2.45) is 0 Å².